The Balaban J connectivity index is 2.94. The molecule has 0 amide bonds. The van der Waals surface area contributed by atoms with Gasteiger partial charge in [0.2, 0.25) is 0 Å². The van der Waals surface area contributed by atoms with Crippen molar-refractivity contribution in [3.05, 3.63) is 28.2 Å². The van der Waals surface area contributed by atoms with E-state index < -0.39 is 5.97 Å². The van der Waals surface area contributed by atoms with Crippen LogP contribution in [-0.4, -0.2) is 16.2 Å². The van der Waals surface area contributed by atoms with Crippen LogP contribution in [0.2, 0.25) is 0 Å². The zero-order valence-electron chi connectivity index (χ0n) is 7.66. The third-order valence-corrected chi connectivity index (χ3v) is 2.53. The van der Waals surface area contributed by atoms with Crippen molar-refractivity contribution in [2.75, 3.05) is 5.32 Å². The Hall–Kier alpha value is -1.14. The lowest BCUT2D eigenvalue weighted by atomic mass is 10.1. The van der Waals surface area contributed by atoms with E-state index in [0.29, 0.717) is 11.3 Å². The third-order valence-electron chi connectivity index (χ3n) is 1.65. The lowest BCUT2D eigenvalue weighted by molar-refractivity contribution is -0.136. The standard InChI is InChI=1S/C9H9BrN2O2S/c10-7-2-1-6(12-9(11)15)3-5(7)4-8(13)14/h1-3H,4H2,(H,13,14)(H3,11,12,15). The molecule has 0 heterocycles. The van der Waals surface area contributed by atoms with E-state index in [1.165, 1.54) is 0 Å². The number of halogens is 1. The molecule has 15 heavy (non-hydrogen) atoms. The van der Waals surface area contributed by atoms with E-state index in [1.54, 1.807) is 18.2 Å². The largest absolute Gasteiger partial charge is 0.481 e. The first-order valence-corrected chi connectivity index (χ1v) is 5.26. The molecule has 0 aliphatic heterocycles. The molecule has 0 saturated heterocycles. The molecule has 0 unspecified atom stereocenters. The fourth-order valence-corrected chi connectivity index (χ4v) is 1.60. The molecule has 1 aromatic rings. The quantitative estimate of drug-likeness (QED) is 0.739. The number of rotatable bonds is 3. The van der Waals surface area contributed by atoms with E-state index in [2.05, 4.69) is 33.5 Å². The van der Waals surface area contributed by atoms with Crippen LogP contribution in [0.15, 0.2) is 22.7 Å². The van der Waals surface area contributed by atoms with Gasteiger partial charge in [0, 0.05) is 10.2 Å². The maximum absolute atomic E-state index is 10.6. The van der Waals surface area contributed by atoms with Crippen LogP contribution in [0.25, 0.3) is 0 Å². The second-order valence-electron chi connectivity index (χ2n) is 2.87. The summed E-state index contributed by atoms with van der Waals surface area (Å²) in [5.74, 6) is -0.886. The van der Waals surface area contributed by atoms with Crippen molar-refractivity contribution in [1.29, 1.82) is 0 Å². The van der Waals surface area contributed by atoms with Gasteiger partial charge in [-0.15, -0.1) is 0 Å². The highest BCUT2D eigenvalue weighted by molar-refractivity contribution is 9.10. The zero-order valence-corrected chi connectivity index (χ0v) is 10.1. The van der Waals surface area contributed by atoms with Crippen LogP contribution < -0.4 is 11.1 Å². The van der Waals surface area contributed by atoms with Gasteiger partial charge in [-0.3, -0.25) is 4.79 Å². The minimum absolute atomic E-state index is 0.0482. The third kappa shape index (κ3) is 3.85. The lowest BCUT2D eigenvalue weighted by Crippen LogP contribution is -2.19. The van der Waals surface area contributed by atoms with Gasteiger partial charge in [-0.2, -0.15) is 0 Å². The maximum atomic E-state index is 10.6. The van der Waals surface area contributed by atoms with E-state index in [-0.39, 0.29) is 11.5 Å². The summed E-state index contributed by atoms with van der Waals surface area (Å²) in [7, 11) is 0. The predicted octanol–water partition coefficient (Wildman–Crippen LogP) is 1.73. The molecule has 80 valence electrons. The molecule has 0 radical (unpaired) electrons. The summed E-state index contributed by atoms with van der Waals surface area (Å²) in [6.45, 7) is 0. The highest BCUT2D eigenvalue weighted by Gasteiger charge is 2.06. The Labute approximate surface area is 101 Å². The first-order chi connectivity index (χ1) is 6.99. The maximum Gasteiger partial charge on any atom is 0.307 e. The molecule has 0 bridgehead atoms. The molecular formula is C9H9BrN2O2S. The minimum Gasteiger partial charge on any atom is -0.481 e. The van der Waals surface area contributed by atoms with E-state index in [4.69, 9.17) is 10.8 Å². The lowest BCUT2D eigenvalue weighted by Gasteiger charge is -2.07. The van der Waals surface area contributed by atoms with Crippen molar-refractivity contribution in [2.24, 2.45) is 5.73 Å². The van der Waals surface area contributed by atoms with Crippen molar-refractivity contribution in [3.8, 4) is 0 Å². The first-order valence-electron chi connectivity index (χ1n) is 4.05. The molecule has 0 saturated carbocycles. The summed E-state index contributed by atoms with van der Waals surface area (Å²) in [5, 5.41) is 11.6. The molecule has 1 rings (SSSR count). The molecule has 0 aromatic heterocycles. The summed E-state index contributed by atoms with van der Waals surface area (Å²) in [6.07, 6.45) is -0.0482. The van der Waals surface area contributed by atoms with Gasteiger partial charge in [-0.25, -0.2) is 0 Å². The average Bonchev–Trinajstić information content (AvgIpc) is 2.09. The fourth-order valence-electron chi connectivity index (χ4n) is 1.09. The van der Waals surface area contributed by atoms with Crippen LogP contribution in [0.4, 0.5) is 5.69 Å². The van der Waals surface area contributed by atoms with Crippen molar-refractivity contribution < 1.29 is 9.90 Å². The SMILES string of the molecule is NC(=S)Nc1ccc(Br)c(CC(=O)O)c1. The number of benzene rings is 1. The summed E-state index contributed by atoms with van der Waals surface area (Å²) in [6, 6.07) is 5.20. The second kappa shape index (κ2) is 5.09. The van der Waals surface area contributed by atoms with E-state index in [1.807, 2.05) is 0 Å². The Morgan fingerprint density at radius 2 is 2.27 bits per heavy atom. The van der Waals surface area contributed by atoms with E-state index in [0.717, 1.165) is 4.47 Å². The fraction of sp³-hybridized carbons (Fsp3) is 0.111. The van der Waals surface area contributed by atoms with Crippen LogP contribution in [0.3, 0.4) is 0 Å². The minimum atomic E-state index is -0.886. The van der Waals surface area contributed by atoms with Crippen molar-refractivity contribution >= 4 is 44.9 Å². The molecule has 0 aliphatic carbocycles. The summed E-state index contributed by atoms with van der Waals surface area (Å²) < 4.78 is 0.749. The average molecular weight is 289 g/mol. The number of anilines is 1. The summed E-state index contributed by atoms with van der Waals surface area (Å²) in [5.41, 5.74) is 6.66. The number of nitrogens with two attached hydrogens (primary N) is 1. The van der Waals surface area contributed by atoms with Gasteiger partial charge in [0.05, 0.1) is 6.42 Å². The number of carbonyl (C=O) groups is 1. The number of carboxylic acids is 1. The molecule has 6 heteroatoms. The Morgan fingerprint density at radius 1 is 1.60 bits per heavy atom. The number of aliphatic carboxylic acids is 1. The summed E-state index contributed by atoms with van der Waals surface area (Å²) >= 11 is 7.95. The molecule has 0 aliphatic rings. The van der Waals surface area contributed by atoms with Crippen LogP contribution in [0.5, 0.6) is 0 Å². The number of thiocarbonyl (C=S) groups is 1. The van der Waals surface area contributed by atoms with Gasteiger partial charge in [-0.05, 0) is 36.0 Å². The smallest absolute Gasteiger partial charge is 0.307 e. The van der Waals surface area contributed by atoms with E-state index >= 15 is 0 Å². The Bertz CT molecular complexity index is 409. The monoisotopic (exact) mass is 288 g/mol. The van der Waals surface area contributed by atoms with Crippen molar-refractivity contribution in [1.82, 2.24) is 0 Å². The molecule has 0 spiro atoms. The Morgan fingerprint density at radius 3 is 2.80 bits per heavy atom. The van der Waals surface area contributed by atoms with Crippen molar-refractivity contribution in [2.45, 2.75) is 6.42 Å². The van der Waals surface area contributed by atoms with Crippen LogP contribution in [-0.2, 0) is 11.2 Å². The zero-order chi connectivity index (χ0) is 11.4. The number of hydrogen-bond acceptors (Lipinski definition) is 2. The molecule has 0 fully saturated rings. The van der Waals surface area contributed by atoms with Crippen LogP contribution in [0.1, 0.15) is 5.56 Å². The topological polar surface area (TPSA) is 75.3 Å². The number of carboxylic acid groups (broad SMARTS) is 1. The van der Waals surface area contributed by atoms with Gasteiger partial charge in [-0.1, -0.05) is 15.9 Å². The molecule has 4 nitrogen and oxygen atoms in total. The van der Waals surface area contributed by atoms with Gasteiger partial charge in [0.15, 0.2) is 5.11 Å². The van der Waals surface area contributed by atoms with Gasteiger partial charge < -0.3 is 16.2 Å². The Kier molecular flexibility index (Phi) is 4.05. The number of nitrogens with one attached hydrogen (secondary N) is 1. The van der Waals surface area contributed by atoms with Gasteiger partial charge in [0.25, 0.3) is 0 Å². The second-order valence-corrected chi connectivity index (χ2v) is 4.16. The highest BCUT2D eigenvalue weighted by Crippen LogP contribution is 2.21. The molecule has 0 atom stereocenters. The van der Waals surface area contributed by atoms with Crippen molar-refractivity contribution in [3.63, 3.8) is 0 Å². The molecule has 1 aromatic carbocycles. The van der Waals surface area contributed by atoms with Crippen LogP contribution >= 0.6 is 28.1 Å². The van der Waals surface area contributed by atoms with Crippen LogP contribution in [0, 0.1) is 0 Å². The first kappa shape index (κ1) is 11.9. The number of hydrogen-bond donors (Lipinski definition) is 3. The predicted molar refractivity (Wildman–Crippen MR) is 65.9 cm³/mol. The molecular weight excluding hydrogens is 280 g/mol. The molecule has 4 N–H and O–H groups in total. The normalized spacial score (nSPS) is 9.67. The van der Waals surface area contributed by atoms with E-state index in [9.17, 15) is 4.79 Å². The summed E-state index contributed by atoms with van der Waals surface area (Å²) in [4.78, 5) is 10.6. The van der Waals surface area contributed by atoms with Gasteiger partial charge >= 0.3 is 5.97 Å². The highest BCUT2D eigenvalue weighted by atomic mass is 79.9. The van der Waals surface area contributed by atoms with Gasteiger partial charge in [0.1, 0.15) is 0 Å².